The molecule has 0 fully saturated rings. The zero-order chi connectivity index (χ0) is 16.2. The number of nitro groups is 1. The highest BCUT2D eigenvalue weighted by atomic mass is 32.2. The summed E-state index contributed by atoms with van der Waals surface area (Å²) in [6.45, 7) is 0.0572. The second-order valence-corrected chi connectivity index (χ2v) is 6.11. The van der Waals surface area contributed by atoms with Gasteiger partial charge in [0.05, 0.1) is 22.7 Å². The van der Waals surface area contributed by atoms with Gasteiger partial charge in [-0.05, 0) is 18.2 Å². The fourth-order valence-corrected chi connectivity index (χ4v) is 3.08. The molecule has 1 unspecified atom stereocenters. The molecule has 0 radical (unpaired) electrons. The van der Waals surface area contributed by atoms with Crippen molar-refractivity contribution < 1.29 is 22.5 Å². The monoisotopic (exact) mass is 326 g/mol. The maximum Gasteiger partial charge on any atom is 0.270 e. The van der Waals surface area contributed by atoms with Gasteiger partial charge in [-0.3, -0.25) is 10.1 Å². The summed E-state index contributed by atoms with van der Waals surface area (Å²) in [5, 5.41) is 10.7. The van der Waals surface area contributed by atoms with Crippen LogP contribution in [0.5, 0.6) is 0 Å². The van der Waals surface area contributed by atoms with Gasteiger partial charge in [0.2, 0.25) is 10.0 Å². The molecule has 22 heavy (non-hydrogen) atoms. The summed E-state index contributed by atoms with van der Waals surface area (Å²) in [6.07, 6.45) is 1.42. The van der Waals surface area contributed by atoms with Gasteiger partial charge < -0.3 is 9.15 Å². The molecule has 1 aromatic heterocycles. The molecule has 0 bridgehead atoms. The average Bonchev–Trinajstić information content (AvgIpc) is 3.01. The third kappa shape index (κ3) is 3.70. The molecule has 8 nitrogen and oxygen atoms in total. The number of nitrogens with zero attached hydrogens (tertiary/aromatic N) is 1. The molecular formula is C13H14N2O6S. The normalized spacial score (nSPS) is 13.0. The molecule has 0 saturated heterocycles. The summed E-state index contributed by atoms with van der Waals surface area (Å²) in [5.74, 6) is 0.385. The van der Waals surface area contributed by atoms with Crippen LogP contribution >= 0.6 is 0 Å². The van der Waals surface area contributed by atoms with Crippen LogP contribution in [0.2, 0.25) is 0 Å². The van der Waals surface area contributed by atoms with E-state index in [-0.39, 0.29) is 17.2 Å². The van der Waals surface area contributed by atoms with Gasteiger partial charge in [0, 0.05) is 19.2 Å². The molecule has 0 amide bonds. The Morgan fingerprint density at radius 2 is 2.14 bits per heavy atom. The molecule has 2 rings (SSSR count). The Balaban J connectivity index is 2.29. The van der Waals surface area contributed by atoms with E-state index in [9.17, 15) is 18.5 Å². The Morgan fingerprint density at radius 1 is 1.36 bits per heavy atom. The molecule has 118 valence electrons. The van der Waals surface area contributed by atoms with Crippen molar-refractivity contribution >= 4 is 15.7 Å². The van der Waals surface area contributed by atoms with Gasteiger partial charge in [-0.2, -0.15) is 4.72 Å². The molecule has 1 atom stereocenters. The summed E-state index contributed by atoms with van der Waals surface area (Å²) in [6, 6.07) is 7.31. The smallest absolute Gasteiger partial charge is 0.270 e. The number of rotatable bonds is 7. The first-order valence-corrected chi connectivity index (χ1v) is 7.71. The lowest BCUT2D eigenvalue weighted by atomic mass is 10.2. The topological polar surface area (TPSA) is 112 Å². The van der Waals surface area contributed by atoms with Gasteiger partial charge in [0.1, 0.15) is 11.8 Å². The van der Waals surface area contributed by atoms with E-state index in [1.807, 2.05) is 0 Å². The fourth-order valence-electron chi connectivity index (χ4n) is 1.85. The number of methoxy groups -OCH3 is 1. The molecule has 0 aliphatic rings. The first-order valence-electron chi connectivity index (χ1n) is 6.23. The first kappa shape index (κ1) is 16.1. The van der Waals surface area contributed by atoms with Gasteiger partial charge in [0.15, 0.2) is 0 Å². The second kappa shape index (κ2) is 6.69. The Bertz CT molecular complexity index is 742. The van der Waals surface area contributed by atoms with Gasteiger partial charge in [-0.1, -0.05) is 6.07 Å². The van der Waals surface area contributed by atoms with E-state index < -0.39 is 21.0 Å². The van der Waals surface area contributed by atoms with Crippen molar-refractivity contribution in [3.63, 3.8) is 0 Å². The van der Waals surface area contributed by atoms with Crippen molar-refractivity contribution in [2.75, 3.05) is 13.7 Å². The van der Waals surface area contributed by atoms with Crippen molar-refractivity contribution in [3.8, 4) is 0 Å². The van der Waals surface area contributed by atoms with Crippen LogP contribution in [0.25, 0.3) is 0 Å². The number of non-ortho nitro benzene ring substituents is 1. The third-order valence-electron chi connectivity index (χ3n) is 2.86. The summed E-state index contributed by atoms with van der Waals surface area (Å²) < 4.78 is 37.3. The van der Waals surface area contributed by atoms with Crippen molar-refractivity contribution in [3.05, 3.63) is 58.5 Å². The molecule has 0 aliphatic heterocycles. The Kier molecular flexibility index (Phi) is 4.91. The van der Waals surface area contributed by atoms with E-state index in [0.717, 1.165) is 6.07 Å². The quantitative estimate of drug-likeness (QED) is 0.614. The van der Waals surface area contributed by atoms with Crippen LogP contribution in [0, 0.1) is 10.1 Å². The Hall–Kier alpha value is -2.23. The number of hydrogen-bond donors (Lipinski definition) is 1. The zero-order valence-corrected chi connectivity index (χ0v) is 12.4. The maximum absolute atomic E-state index is 12.4. The zero-order valence-electron chi connectivity index (χ0n) is 11.6. The van der Waals surface area contributed by atoms with Crippen LogP contribution in [-0.2, 0) is 14.8 Å². The van der Waals surface area contributed by atoms with E-state index in [4.69, 9.17) is 9.15 Å². The fraction of sp³-hybridized carbons (Fsp3) is 0.231. The van der Waals surface area contributed by atoms with Crippen LogP contribution in [0.3, 0.4) is 0 Å². The van der Waals surface area contributed by atoms with Crippen molar-refractivity contribution in [1.29, 1.82) is 0 Å². The standard InChI is InChI=1S/C13H14N2O6S/c1-20-9-12(13-6-3-7-21-13)14-22(18,19)11-5-2-4-10(8-11)15(16)17/h2-8,12,14H,9H2,1H3. The van der Waals surface area contributed by atoms with E-state index >= 15 is 0 Å². The van der Waals surface area contributed by atoms with Crippen LogP contribution in [0.1, 0.15) is 11.8 Å². The van der Waals surface area contributed by atoms with E-state index in [0.29, 0.717) is 5.76 Å². The SMILES string of the molecule is COCC(NS(=O)(=O)c1cccc([N+](=O)[O-])c1)c1ccco1. The van der Waals surface area contributed by atoms with Crippen molar-refractivity contribution in [1.82, 2.24) is 4.72 Å². The largest absolute Gasteiger partial charge is 0.468 e. The molecule has 2 aromatic rings. The summed E-state index contributed by atoms with van der Waals surface area (Å²) in [7, 11) is -2.53. The number of nitrogens with one attached hydrogen (secondary N) is 1. The number of nitro benzene ring substituents is 1. The number of furan rings is 1. The van der Waals surface area contributed by atoms with Crippen molar-refractivity contribution in [2.24, 2.45) is 0 Å². The molecular weight excluding hydrogens is 312 g/mol. The molecule has 0 aliphatic carbocycles. The summed E-state index contributed by atoms with van der Waals surface area (Å²) in [5.41, 5.74) is -0.302. The van der Waals surface area contributed by atoms with Crippen molar-refractivity contribution in [2.45, 2.75) is 10.9 Å². The molecule has 1 aromatic carbocycles. The van der Waals surface area contributed by atoms with Gasteiger partial charge in [-0.25, -0.2) is 8.42 Å². The van der Waals surface area contributed by atoms with Crippen LogP contribution in [0.15, 0.2) is 52.0 Å². The molecule has 1 N–H and O–H groups in total. The number of benzene rings is 1. The van der Waals surface area contributed by atoms with E-state index in [1.165, 1.54) is 31.6 Å². The average molecular weight is 326 g/mol. The predicted octanol–water partition coefficient (Wildman–Crippen LogP) is 1.85. The Morgan fingerprint density at radius 3 is 2.73 bits per heavy atom. The first-order chi connectivity index (χ1) is 10.4. The van der Waals surface area contributed by atoms with Crippen LogP contribution in [0.4, 0.5) is 5.69 Å². The molecule has 1 heterocycles. The minimum absolute atomic E-state index is 0.0572. The summed E-state index contributed by atoms with van der Waals surface area (Å²) >= 11 is 0. The highest BCUT2D eigenvalue weighted by Crippen LogP contribution is 2.21. The predicted molar refractivity (Wildman–Crippen MR) is 76.7 cm³/mol. The second-order valence-electron chi connectivity index (χ2n) is 4.40. The van der Waals surface area contributed by atoms with Crippen LogP contribution in [-0.4, -0.2) is 27.1 Å². The van der Waals surface area contributed by atoms with Gasteiger partial charge in [0.25, 0.3) is 5.69 Å². The minimum Gasteiger partial charge on any atom is -0.468 e. The highest BCUT2D eigenvalue weighted by Gasteiger charge is 2.24. The minimum atomic E-state index is -3.96. The van der Waals surface area contributed by atoms with E-state index in [1.54, 1.807) is 12.1 Å². The lowest BCUT2D eigenvalue weighted by Crippen LogP contribution is -2.31. The van der Waals surface area contributed by atoms with E-state index in [2.05, 4.69) is 4.72 Å². The maximum atomic E-state index is 12.4. The third-order valence-corrected chi connectivity index (χ3v) is 4.33. The molecule has 0 spiro atoms. The van der Waals surface area contributed by atoms with Gasteiger partial charge >= 0.3 is 0 Å². The number of sulfonamides is 1. The lowest BCUT2D eigenvalue weighted by molar-refractivity contribution is -0.385. The Labute approximate surface area is 126 Å². The van der Waals surface area contributed by atoms with Crippen LogP contribution < -0.4 is 4.72 Å². The van der Waals surface area contributed by atoms with Gasteiger partial charge in [-0.15, -0.1) is 0 Å². The molecule has 9 heteroatoms. The summed E-state index contributed by atoms with van der Waals surface area (Å²) in [4.78, 5) is 9.89. The number of ether oxygens (including phenoxy) is 1. The number of hydrogen-bond acceptors (Lipinski definition) is 6. The molecule has 0 saturated carbocycles. The lowest BCUT2D eigenvalue weighted by Gasteiger charge is -2.15. The highest BCUT2D eigenvalue weighted by molar-refractivity contribution is 7.89.